The number of nitrogens with zero attached hydrogens (tertiary/aromatic N) is 1. The molecule has 2 aromatic carbocycles. The Hall–Kier alpha value is -1.96. The van der Waals surface area contributed by atoms with Gasteiger partial charge in [0.05, 0.1) is 0 Å². The number of hydrogen-bond acceptors (Lipinski definition) is 2. The van der Waals surface area contributed by atoms with Crippen LogP contribution < -0.4 is 10.2 Å². The van der Waals surface area contributed by atoms with Gasteiger partial charge in [0.2, 0.25) is 0 Å². The van der Waals surface area contributed by atoms with Crippen molar-refractivity contribution < 1.29 is 0 Å². The molecule has 0 heterocycles. The number of nitrogens with one attached hydrogen (secondary N) is 1. The van der Waals surface area contributed by atoms with E-state index in [0.29, 0.717) is 0 Å². The lowest BCUT2D eigenvalue weighted by atomic mass is 10.0. The molecule has 1 N–H and O–H groups in total. The molecular formula is C18H24N2. The van der Waals surface area contributed by atoms with Gasteiger partial charge >= 0.3 is 0 Å². The van der Waals surface area contributed by atoms with Crippen molar-refractivity contribution in [2.75, 3.05) is 24.3 Å². The Morgan fingerprint density at radius 1 is 0.900 bits per heavy atom. The first-order valence-corrected chi connectivity index (χ1v) is 7.07. The Morgan fingerprint density at radius 2 is 1.55 bits per heavy atom. The number of hydrogen-bond donors (Lipinski definition) is 1. The molecule has 2 nitrogen and oxygen atoms in total. The first-order chi connectivity index (χ1) is 9.52. The van der Waals surface area contributed by atoms with E-state index in [9.17, 15) is 0 Å². The standard InChI is InChI=1S/C18H24N2/c1-13-6-11-18(15(3)14(13)2)20(5)12-16-7-9-17(19-4)10-8-16/h6-11,19H,12H2,1-5H3. The summed E-state index contributed by atoms with van der Waals surface area (Å²) in [5.74, 6) is 0. The fourth-order valence-electron chi connectivity index (χ4n) is 2.49. The van der Waals surface area contributed by atoms with E-state index in [1.165, 1.54) is 27.9 Å². The van der Waals surface area contributed by atoms with Gasteiger partial charge in [0.25, 0.3) is 0 Å². The maximum atomic E-state index is 3.15. The molecule has 0 spiro atoms. The number of aryl methyl sites for hydroxylation is 1. The van der Waals surface area contributed by atoms with Crippen LogP contribution in [0.3, 0.4) is 0 Å². The highest BCUT2D eigenvalue weighted by molar-refractivity contribution is 5.58. The van der Waals surface area contributed by atoms with E-state index in [4.69, 9.17) is 0 Å². The zero-order chi connectivity index (χ0) is 14.7. The van der Waals surface area contributed by atoms with Crippen LogP contribution >= 0.6 is 0 Å². The van der Waals surface area contributed by atoms with Crippen molar-refractivity contribution in [1.82, 2.24) is 0 Å². The molecule has 0 saturated heterocycles. The summed E-state index contributed by atoms with van der Waals surface area (Å²) >= 11 is 0. The van der Waals surface area contributed by atoms with E-state index < -0.39 is 0 Å². The maximum absolute atomic E-state index is 3.15. The van der Waals surface area contributed by atoms with Crippen molar-refractivity contribution in [3.8, 4) is 0 Å². The molecule has 0 amide bonds. The molecular weight excluding hydrogens is 244 g/mol. The van der Waals surface area contributed by atoms with E-state index >= 15 is 0 Å². The second-order valence-corrected chi connectivity index (χ2v) is 5.45. The summed E-state index contributed by atoms with van der Waals surface area (Å²) in [5.41, 5.74) is 7.91. The van der Waals surface area contributed by atoms with Crippen LogP contribution in [0.4, 0.5) is 11.4 Å². The summed E-state index contributed by atoms with van der Waals surface area (Å²) in [6, 6.07) is 13.0. The highest BCUT2D eigenvalue weighted by Gasteiger charge is 2.08. The van der Waals surface area contributed by atoms with Gasteiger partial charge in [0.1, 0.15) is 0 Å². The highest BCUT2D eigenvalue weighted by Crippen LogP contribution is 2.25. The summed E-state index contributed by atoms with van der Waals surface area (Å²) < 4.78 is 0. The van der Waals surface area contributed by atoms with Crippen LogP contribution in [0.15, 0.2) is 36.4 Å². The van der Waals surface area contributed by atoms with Gasteiger partial charge < -0.3 is 10.2 Å². The average Bonchev–Trinajstić information content (AvgIpc) is 2.45. The Morgan fingerprint density at radius 3 is 2.15 bits per heavy atom. The van der Waals surface area contributed by atoms with Gasteiger partial charge in [-0.15, -0.1) is 0 Å². The van der Waals surface area contributed by atoms with Gasteiger partial charge in [-0.05, 0) is 61.2 Å². The van der Waals surface area contributed by atoms with Crippen LogP contribution in [0.1, 0.15) is 22.3 Å². The monoisotopic (exact) mass is 268 g/mol. The SMILES string of the molecule is CNc1ccc(CN(C)c2ccc(C)c(C)c2C)cc1. The number of rotatable bonds is 4. The highest BCUT2D eigenvalue weighted by atomic mass is 15.1. The lowest BCUT2D eigenvalue weighted by Crippen LogP contribution is -2.18. The first kappa shape index (κ1) is 14.4. The molecule has 20 heavy (non-hydrogen) atoms. The fraction of sp³-hybridized carbons (Fsp3) is 0.333. The molecule has 0 bridgehead atoms. The van der Waals surface area contributed by atoms with Crippen molar-refractivity contribution in [1.29, 1.82) is 0 Å². The van der Waals surface area contributed by atoms with Gasteiger partial charge in [-0.2, -0.15) is 0 Å². The van der Waals surface area contributed by atoms with Gasteiger partial charge in [-0.25, -0.2) is 0 Å². The van der Waals surface area contributed by atoms with E-state index in [1.54, 1.807) is 0 Å². The van der Waals surface area contributed by atoms with Crippen LogP contribution in [0.2, 0.25) is 0 Å². The minimum atomic E-state index is 0.924. The van der Waals surface area contributed by atoms with Crippen molar-refractivity contribution in [2.24, 2.45) is 0 Å². The van der Waals surface area contributed by atoms with E-state index in [1.807, 2.05) is 7.05 Å². The topological polar surface area (TPSA) is 15.3 Å². The third-order valence-electron chi connectivity index (χ3n) is 4.10. The second kappa shape index (κ2) is 6.00. The smallest absolute Gasteiger partial charge is 0.0426 e. The van der Waals surface area contributed by atoms with E-state index in [2.05, 4.69) is 74.4 Å². The summed E-state index contributed by atoms with van der Waals surface area (Å²) in [5, 5.41) is 3.15. The van der Waals surface area contributed by atoms with Crippen molar-refractivity contribution in [2.45, 2.75) is 27.3 Å². The Balaban J connectivity index is 2.19. The molecule has 106 valence electrons. The maximum Gasteiger partial charge on any atom is 0.0426 e. The zero-order valence-electron chi connectivity index (χ0n) is 13.1. The minimum absolute atomic E-state index is 0.924. The van der Waals surface area contributed by atoms with Gasteiger partial charge in [-0.3, -0.25) is 0 Å². The van der Waals surface area contributed by atoms with Crippen molar-refractivity contribution in [3.05, 3.63) is 58.7 Å². The van der Waals surface area contributed by atoms with Gasteiger partial charge in [0, 0.05) is 32.0 Å². The quantitative estimate of drug-likeness (QED) is 0.890. The minimum Gasteiger partial charge on any atom is -0.388 e. The molecule has 2 aromatic rings. The molecule has 0 unspecified atom stereocenters. The molecule has 0 saturated carbocycles. The van der Waals surface area contributed by atoms with Crippen LogP contribution in [0, 0.1) is 20.8 Å². The normalized spacial score (nSPS) is 10.4. The largest absolute Gasteiger partial charge is 0.388 e. The number of benzene rings is 2. The predicted octanol–water partition coefficient (Wildman–Crippen LogP) is 4.29. The summed E-state index contributed by atoms with van der Waals surface area (Å²) in [6.07, 6.45) is 0. The Kier molecular flexibility index (Phi) is 4.33. The zero-order valence-corrected chi connectivity index (χ0v) is 13.1. The predicted molar refractivity (Wildman–Crippen MR) is 88.7 cm³/mol. The third kappa shape index (κ3) is 2.96. The Bertz CT molecular complexity index is 585. The van der Waals surface area contributed by atoms with Crippen LogP contribution in [-0.4, -0.2) is 14.1 Å². The molecule has 0 radical (unpaired) electrons. The molecule has 0 aliphatic rings. The van der Waals surface area contributed by atoms with Gasteiger partial charge in [0.15, 0.2) is 0 Å². The van der Waals surface area contributed by atoms with Crippen LogP contribution in [0.5, 0.6) is 0 Å². The third-order valence-corrected chi connectivity index (χ3v) is 4.10. The molecule has 0 aliphatic carbocycles. The lowest BCUT2D eigenvalue weighted by Gasteiger charge is -2.23. The molecule has 2 rings (SSSR count). The summed E-state index contributed by atoms with van der Waals surface area (Å²) in [7, 11) is 4.10. The van der Waals surface area contributed by atoms with Gasteiger partial charge in [-0.1, -0.05) is 18.2 Å². The molecule has 0 atom stereocenters. The second-order valence-electron chi connectivity index (χ2n) is 5.45. The lowest BCUT2D eigenvalue weighted by molar-refractivity contribution is 0.914. The molecule has 0 aliphatic heterocycles. The van der Waals surface area contributed by atoms with Crippen molar-refractivity contribution in [3.63, 3.8) is 0 Å². The Labute approximate surface area is 122 Å². The fourth-order valence-corrected chi connectivity index (χ4v) is 2.49. The average molecular weight is 268 g/mol. The summed E-state index contributed by atoms with van der Waals surface area (Å²) in [4.78, 5) is 2.32. The number of anilines is 2. The van der Waals surface area contributed by atoms with E-state index in [-0.39, 0.29) is 0 Å². The van der Waals surface area contributed by atoms with Crippen LogP contribution in [-0.2, 0) is 6.54 Å². The summed E-state index contributed by atoms with van der Waals surface area (Å²) in [6.45, 7) is 7.50. The van der Waals surface area contributed by atoms with Crippen molar-refractivity contribution >= 4 is 11.4 Å². The molecule has 0 fully saturated rings. The van der Waals surface area contributed by atoms with Crippen LogP contribution in [0.25, 0.3) is 0 Å². The first-order valence-electron chi connectivity index (χ1n) is 7.07. The molecule has 2 heteroatoms. The van der Waals surface area contributed by atoms with E-state index in [0.717, 1.165) is 12.2 Å². The molecule has 0 aromatic heterocycles.